The molecule has 0 heterocycles. The highest BCUT2D eigenvalue weighted by Gasteiger charge is 2.35. The summed E-state index contributed by atoms with van der Waals surface area (Å²) in [7, 11) is 0. The molecule has 0 saturated heterocycles. The van der Waals surface area contributed by atoms with Gasteiger partial charge in [0.25, 0.3) is 5.91 Å². The van der Waals surface area contributed by atoms with E-state index in [0.717, 1.165) is 25.7 Å². The first-order chi connectivity index (χ1) is 11.8. The van der Waals surface area contributed by atoms with Gasteiger partial charge in [-0.1, -0.05) is 33.1 Å². The van der Waals surface area contributed by atoms with Crippen molar-refractivity contribution in [3.8, 4) is 6.07 Å². The standard InChI is InChI=1S/C18H29N3O4/c1-13(2)7-8-15(22)20-11-16(23)25-14(3)17(24)21-18(12-19)9-5-4-6-10-18/h13-14H,4-11H2,1-3H3,(H,20,22)(H,21,24). The number of amides is 2. The van der Waals surface area contributed by atoms with Gasteiger partial charge < -0.3 is 15.4 Å². The van der Waals surface area contributed by atoms with E-state index in [9.17, 15) is 19.6 Å². The summed E-state index contributed by atoms with van der Waals surface area (Å²) in [6, 6.07) is 2.19. The van der Waals surface area contributed by atoms with E-state index in [1.807, 2.05) is 13.8 Å². The van der Waals surface area contributed by atoms with Crippen LogP contribution in [0.5, 0.6) is 0 Å². The Morgan fingerprint density at radius 3 is 2.36 bits per heavy atom. The molecule has 0 aromatic carbocycles. The average molecular weight is 351 g/mol. The van der Waals surface area contributed by atoms with Gasteiger partial charge in [0.05, 0.1) is 6.07 Å². The fraction of sp³-hybridized carbons (Fsp3) is 0.778. The van der Waals surface area contributed by atoms with Crippen LogP contribution in [0.1, 0.15) is 65.7 Å². The fourth-order valence-electron chi connectivity index (χ4n) is 2.73. The molecule has 1 fully saturated rings. The van der Waals surface area contributed by atoms with E-state index >= 15 is 0 Å². The van der Waals surface area contributed by atoms with Crippen molar-refractivity contribution in [1.82, 2.24) is 10.6 Å². The zero-order valence-corrected chi connectivity index (χ0v) is 15.4. The minimum absolute atomic E-state index is 0.214. The highest BCUT2D eigenvalue weighted by molar-refractivity contribution is 5.86. The number of hydrogen-bond acceptors (Lipinski definition) is 5. The van der Waals surface area contributed by atoms with Crippen LogP contribution in [0.25, 0.3) is 0 Å². The molecule has 0 radical (unpaired) electrons. The molecule has 0 spiro atoms. The largest absolute Gasteiger partial charge is 0.451 e. The van der Waals surface area contributed by atoms with Crippen LogP contribution in [0.4, 0.5) is 0 Å². The van der Waals surface area contributed by atoms with Gasteiger partial charge in [-0.05, 0) is 32.1 Å². The Morgan fingerprint density at radius 1 is 1.16 bits per heavy atom. The molecule has 2 amide bonds. The van der Waals surface area contributed by atoms with Crippen molar-refractivity contribution in [2.45, 2.75) is 77.4 Å². The van der Waals surface area contributed by atoms with Gasteiger partial charge in [0.2, 0.25) is 5.91 Å². The molecule has 0 aliphatic heterocycles. The summed E-state index contributed by atoms with van der Waals surface area (Å²) in [6.07, 6.45) is 4.16. The molecule has 25 heavy (non-hydrogen) atoms. The van der Waals surface area contributed by atoms with Gasteiger partial charge in [0.15, 0.2) is 6.10 Å². The highest BCUT2D eigenvalue weighted by Crippen LogP contribution is 2.27. The summed E-state index contributed by atoms with van der Waals surface area (Å²) >= 11 is 0. The third-order valence-corrected chi connectivity index (χ3v) is 4.34. The predicted molar refractivity (Wildman–Crippen MR) is 92.2 cm³/mol. The second-order valence-electron chi connectivity index (χ2n) is 7.09. The van der Waals surface area contributed by atoms with Crippen LogP contribution in [0.2, 0.25) is 0 Å². The van der Waals surface area contributed by atoms with Gasteiger partial charge in [0.1, 0.15) is 12.1 Å². The minimum Gasteiger partial charge on any atom is -0.451 e. The van der Waals surface area contributed by atoms with Crippen LogP contribution in [-0.2, 0) is 19.1 Å². The molecule has 0 aromatic rings. The summed E-state index contributed by atoms with van der Waals surface area (Å²) in [5.74, 6) is -0.958. The predicted octanol–water partition coefficient (Wildman–Crippen LogP) is 1.81. The lowest BCUT2D eigenvalue weighted by Gasteiger charge is -2.32. The molecule has 2 N–H and O–H groups in total. The van der Waals surface area contributed by atoms with Crippen molar-refractivity contribution in [2.75, 3.05) is 6.54 Å². The maximum atomic E-state index is 12.2. The lowest BCUT2D eigenvalue weighted by Crippen LogP contribution is -2.52. The maximum absolute atomic E-state index is 12.2. The highest BCUT2D eigenvalue weighted by atomic mass is 16.5. The number of esters is 1. The fourth-order valence-corrected chi connectivity index (χ4v) is 2.73. The van der Waals surface area contributed by atoms with Crippen LogP contribution in [0.15, 0.2) is 0 Å². The number of carbonyl (C=O) groups excluding carboxylic acids is 3. The van der Waals surface area contributed by atoms with Gasteiger partial charge in [-0.15, -0.1) is 0 Å². The first-order valence-electron chi connectivity index (χ1n) is 8.97. The number of nitriles is 1. The van der Waals surface area contributed by atoms with E-state index in [4.69, 9.17) is 4.74 Å². The summed E-state index contributed by atoms with van der Waals surface area (Å²) in [6.45, 7) is 5.23. The Labute approximate surface area is 149 Å². The molecule has 0 aromatic heterocycles. The van der Waals surface area contributed by atoms with Crippen LogP contribution in [0, 0.1) is 17.2 Å². The minimum atomic E-state index is -1.01. The van der Waals surface area contributed by atoms with Crippen LogP contribution in [0.3, 0.4) is 0 Å². The van der Waals surface area contributed by atoms with E-state index in [1.165, 1.54) is 6.92 Å². The second kappa shape index (κ2) is 10.0. The number of hydrogen-bond donors (Lipinski definition) is 2. The van der Waals surface area contributed by atoms with Crippen molar-refractivity contribution in [3.63, 3.8) is 0 Å². The number of nitrogens with one attached hydrogen (secondary N) is 2. The van der Waals surface area contributed by atoms with Crippen molar-refractivity contribution in [1.29, 1.82) is 5.26 Å². The zero-order chi connectivity index (χ0) is 18.9. The molecule has 1 aliphatic rings. The zero-order valence-electron chi connectivity index (χ0n) is 15.4. The summed E-state index contributed by atoms with van der Waals surface area (Å²) in [5.41, 5.74) is -0.860. The van der Waals surface area contributed by atoms with Gasteiger partial charge in [-0.3, -0.25) is 14.4 Å². The summed E-state index contributed by atoms with van der Waals surface area (Å²) in [4.78, 5) is 35.5. The van der Waals surface area contributed by atoms with Gasteiger partial charge >= 0.3 is 5.97 Å². The van der Waals surface area contributed by atoms with E-state index in [2.05, 4.69) is 16.7 Å². The molecular weight excluding hydrogens is 322 g/mol. The van der Waals surface area contributed by atoms with E-state index in [-0.39, 0.29) is 12.5 Å². The number of carbonyl (C=O) groups is 3. The molecule has 1 aliphatic carbocycles. The van der Waals surface area contributed by atoms with Gasteiger partial charge in [-0.2, -0.15) is 5.26 Å². The molecule has 1 saturated carbocycles. The molecule has 1 unspecified atom stereocenters. The quantitative estimate of drug-likeness (QED) is 0.648. The van der Waals surface area contributed by atoms with Crippen LogP contribution < -0.4 is 10.6 Å². The average Bonchev–Trinajstić information content (AvgIpc) is 2.58. The lowest BCUT2D eigenvalue weighted by atomic mass is 9.83. The number of nitrogens with zero attached hydrogens (tertiary/aromatic N) is 1. The third kappa shape index (κ3) is 7.55. The summed E-state index contributed by atoms with van der Waals surface area (Å²) < 4.78 is 5.04. The van der Waals surface area contributed by atoms with Crippen molar-refractivity contribution in [2.24, 2.45) is 5.92 Å². The Balaban J connectivity index is 2.37. The van der Waals surface area contributed by atoms with Crippen molar-refractivity contribution >= 4 is 17.8 Å². The SMILES string of the molecule is CC(C)CCC(=O)NCC(=O)OC(C)C(=O)NC1(C#N)CCCCC1. The maximum Gasteiger partial charge on any atom is 0.326 e. The molecule has 7 heteroatoms. The van der Waals surface area contributed by atoms with E-state index < -0.39 is 23.5 Å². The first kappa shape index (κ1) is 20.9. The number of rotatable bonds is 8. The Hall–Kier alpha value is -2.10. The normalized spacial score (nSPS) is 17.2. The Morgan fingerprint density at radius 2 is 1.80 bits per heavy atom. The van der Waals surface area contributed by atoms with E-state index in [1.54, 1.807) is 0 Å². The van der Waals surface area contributed by atoms with Crippen molar-refractivity contribution in [3.05, 3.63) is 0 Å². The van der Waals surface area contributed by atoms with Gasteiger partial charge in [0, 0.05) is 6.42 Å². The molecule has 7 nitrogen and oxygen atoms in total. The van der Waals surface area contributed by atoms with Crippen molar-refractivity contribution < 1.29 is 19.1 Å². The van der Waals surface area contributed by atoms with Crippen LogP contribution >= 0.6 is 0 Å². The molecule has 1 rings (SSSR count). The Bertz CT molecular complexity index is 519. The second-order valence-corrected chi connectivity index (χ2v) is 7.09. The Kier molecular flexibility index (Phi) is 8.39. The van der Waals surface area contributed by atoms with E-state index in [0.29, 0.717) is 25.2 Å². The van der Waals surface area contributed by atoms with Gasteiger partial charge in [-0.25, -0.2) is 0 Å². The molecule has 140 valence electrons. The van der Waals surface area contributed by atoms with Crippen LogP contribution in [-0.4, -0.2) is 36.0 Å². The third-order valence-electron chi connectivity index (χ3n) is 4.34. The smallest absolute Gasteiger partial charge is 0.326 e. The lowest BCUT2D eigenvalue weighted by molar-refractivity contribution is -0.155. The monoisotopic (exact) mass is 351 g/mol. The molecular formula is C18H29N3O4. The topological polar surface area (TPSA) is 108 Å². The first-order valence-corrected chi connectivity index (χ1v) is 8.97. The number of ether oxygens (including phenoxy) is 1. The molecule has 0 bridgehead atoms. The summed E-state index contributed by atoms with van der Waals surface area (Å²) in [5, 5.41) is 14.6. The molecule has 1 atom stereocenters.